The summed E-state index contributed by atoms with van der Waals surface area (Å²) in [4.78, 5) is 5.61. The van der Waals surface area contributed by atoms with Crippen LogP contribution in [0.4, 0.5) is 0 Å². The van der Waals surface area contributed by atoms with Crippen molar-refractivity contribution in [2.75, 3.05) is 0 Å². The maximum absolute atomic E-state index is 9.73. The average molecular weight is 251 g/mol. The van der Waals surface area contributed by atoms with Crippen LogP contribution in [-0.2, 0) is 13.0 Å². The Labute approximate surface area is 105 Å². The second-order valence-electron chi connectivity index (χ2n) is 3.93. The van der Waals surface area contributed by atoms with Gasteiger partial charge in [0, 0.05) is 6.42 Å². The second-order valence-corrected chi connectivity index (χ2v) is 4.87. The van der Waals surface area contributed by atoms with Crippen LogP contribution < -0.4 is 0 Å². The molecule has 0 aliphatic heterocycles. The molecule has 0 aliphatic carbocycles. The lowest BCUT2D eigenvalue weighted by atomic mass is 10.3. The SMILES string of the molecule is CCc1nc(-c2cccs2)n(C[C@@H](O)CC)n1. The third-order valence-electron chi connectivity index (χ3n) is 2.63. The molecular weight excluding hydrogens is 234 g/mol. The molecule has 5 heteroatoms. The highest BCUT2D eigenvalue weighted by molar-refractivity contribution is 7.13. The largest absolute Gasteiger partial charge is 0.391 e. The lowest BCUT2D eigenvalue weighted by Crippen LogP contribution is -2.16. The molecule has 2 aromatic rings. The molecule has 1 N–H and O–H groups in total. The quantitative estimate of drug-likeness (QED) is 0.887. The maximum Gasteiger partial charge on any atom is 0.168 e. The van der Waals surface area contributed by atoms with Crippen molar-refractivity contribution in [1.29, 1.82) is 0 Å². The molecule has 0 spiro atoms. The number of hydrogen-bond acceptors (Lipinski definition) is 4. The summed E-state index contributed by atoms with van der Waals surface area (Å²) in [6.45, 7) is 4.51. The van der Waals surface area contributed by atoms with Gasteiger partial charge in [-0.2, -0.15) is 5.10 Å². The van der Waals surface area contributed by atoms with Gasteiger partial charge in [0.15, 0.2) is 11.6 Å². The molecule has 2 aromatic heterocycles. The fraction of sp³-hybridized carbons (Fsp3) is 0.500. The molecule has 17 heavy (non-hydrogen) atoms. The van der Waals surface area contributed by atoms with E-state index in [2.05, 4.69) is 10.1 Å². The number of aromatic nitrogens is 3. The fourth-order valence-corrected chi connectivity index (χ4v) is 2.30. The van der Waals surface area contributed by atoms with Gasteiger partial charge >= 0.3 is 0 Å². The molecule has 1 atom stereocenters. The van der Waals surface area contributed by atoms with E-state index < -0.39 is 0 Å². The van der Waals surface area contributed by atoms with Gasteiger partial charge in [0.25, 0.3) is 0 Å². The average Bonchev–Trinajstić information content (AvgIpc) is 2.96. The van der Waals surface area contributed by atoms with E-state index in [-0.39, 0.29) is 6.10 Å². The molecule has 0 amide bonds. The number of rotatable bonds is 5. The van der Waals surface area contributed by atoms with Crippen LogP contribution in [0.1, 0.15) is 26.1 Å². The number of aliphatic hydroxyl groups is 1. The molecular formula is C12H17N3OS. The van der Waals surface area contributed by atoms with E-state index in [0.717, 1.165) is 29.4 Å². The van der Waals surface area contributed by atoms with Crippen LogP contribution in [0, 0.1) is 0 Å². The Kier molecular flexibility index (Phi) is 3.91. The summed E-state index contributed by atoms with van der Waals surface area (Å²) in [6, 6.07) is 4.03. The van der Waals surface area contributed by atoms with E-state index in [9.17, 15) is 5.11 Å². The van der Waals surface area contributed by atoms with Crippen LogP contribution in [0.25, 0.3) is 10.7 Å². The van der Waals surface area contributed by atoms with E-state index in [1.807, 2.05) is 36.0 Å². The molecule has 92 valence electrons. The number of aliphatic hydroxyl groups excluding tert-OH is 1. The first-order valence-electron chi connectivity index (χ1n) is 5.90. The highest BCUT2D eigenvalue weighted by atomic mass is 32.1. The summed E-state index contributed by atoms with van der Waals surface area (Å²) >= 11 is 1.64. The summed E-state index contributed by atoms with van der Waals surface area (Å²) < 4.78 is 1.82. The highest BCUT2D eigenvalue weighted by Gasteiger charge is 2.14. The summed E-state index contributed by atoms with van der Waals surface area (Å²) in [5.74, 6) is 1.70. The van der Waals surface area contributed by atoms with Crippen molar-refractivity contribution in [2.24, 2.45) is 0 Å². The molecule has 2 rings (SSSR count). The van der Waals surface area contributed by atoms with Crippen molar-refractivity contribution >= 4 is 11.3 Å². The summed E-state index contributed by atoms with van der Waals surface area (Å²) in [6.07, 6.45) is 1.18. The van der Waals surface area contributed by atoms with Crippen LogP contribution >= 0.6 is 11.3 Å². The first-order chi connectivity index (χ1) is 8.24. The molecule has 0 saturated carbocycles. The predicted octanol–water partition coefficient (Wildman–Crippen LogP) is 2.34. The Morgan fingerprint density at radius 3 is 2.88 bits per heavy atom. The van der Waals surface area contributed by atoms with Gasteiger partial charge in [0.2, 0.25) is 0 Å². The van der Waals surface area contributed by atoms with Crippen molar-refractivity contribution in [1.82, 2.24) is 14.8 Å². The van der Waals surface area contributed by atoms with Crippen LogP contribution in [0.2, 0.25) is 0 Å². The van der Waals surface area contributed by atoms with Crippen LogP contribution in [0.3, 0.4) is 0 Å². The summed E-state index contributed by atoms with van der Waals surface area (Å²) in [5.41, 5.74) is 0. The van der Waals surface area contributed by atoms with E-state index >= 15 is 0 Å². The normalized spacial score (nSPS) is 12.9. The number of aryl methyl sites for hydroxylation is 1. The van der Waals surface area contributed by atoms with Crippen LogP contribution in [0.5, 0.6) is 0 Å². The molecule has 4 nitrogen and oxygen atoms in total. The lowest BCUT2D eigenvalue weighted by Gasteiger charge is -2.09. The second kappa shape index (κ2) is 5.42. The molecule has 0 fully saturated rings. The zero-order valence-corrected chi connectivity index (χ0v) is 10.9. The van der Waals surface area contributed by atoms with Crippen LogP contribution in [-0.4, -0.2) is 26.0 Å². The first-order valence-corrected chi connectivity index (χ1v) is 6.78. The molecule has 0 aromatic carbocycles. The van der Waals surface area contributed by atoms with E-state index in [4.69, 9.17) is 0 Å². The summed E-state index contributed by atoms with van der Waals surface area (Å²) in [7, 11) is 0. The van der Waals surface area contributed by atoms with Crippen LogP contribution in [0.15, 0.2) is 17.5 Å². The Balaban J connectivity index is 2.32. The third kappa shape index (κ3) is 2.73. The highest BCUT2D eigenvalue weighted by Crippen LogP contribution is 2.23. The molecule has 0 unspecified atom stereocenters. The van der Waals surface area contributed by atoms with E-state index in [0.29, 0.717) is 6.54 Å². The van der Waals surface area contributed by atoms with Gasteiger partial charge in [-0.3, -0.25) is 0 Å². The maximum atomic E-state index is 9.73. The van der Waals surface area contributed by atoms with Crippen molar-refractivity contribution in [3.05, 3.63) is 23.3 Å². The van der Waals surface area contributed by atoms with Gasteiger partial charge in [-0.05, 0) is 17.9 Å². The zero-order valence-electron chi connectivity index (χ0n) is 10.1. The Morgan fingerprint density at radius 1 is 1.47 bits per heavy atom. The van der Waals surface area contributed by atoms with Gasteiger partial charge in [0.1, 0.15) is 0 Å². The monoisotopic (exact) mass is 251 g/mol. The van der Waals surface area contributed by atoms with Gasteiger partial charge in [-0.1, -0.05) is 19.9 Å². The van der Waals surface area contributed by atoms with Crippen molar-refractivity contribution < 1.29 is 5.11 Å². The van der Waals surface area contributed by atoms with Gasteiger partial charge in [0.05, 0.1) is 17.5 Å². The van der Waals surface area contributed by atoms with Crippen molar-refractivity contribution in [3.63, 3.8) is 0 Å². The smallest absolute Gasteiger partial charge is 0.168 e. The summed E-state index contributed by atoms with van der Waals surface area (Å²) in [5, 5.41) is 16.2. The van der Waals surface area contributed by atoms with Gasteiger partial charge in [-0.25, -0.2) is 9.67 Å². The van der Waals surface area contributed by atoms with E-state index in [1.54, 1.807) is 11.3 Å². The molecule has 0 bridgehead atoms. The minimum Gasteiger partial charge on any atom is -0.391 e. The van der Waals surface area contributed by atoms with Gasteiger partial charge < -0.3 is 5.11 Å². The molecule has 2 heterocycles. The Morgan fingerprint density at radius 2 is 2.29 bits per heavy atom. The van der Waals surface area contributed by atoms with Crippen molar-refractivity contribution in [3.8, 4) is 10.7 Å². The minimum atomic E-state index is -0.361. The minimum absolute atomic E-state index is 0.361. The third-order valence-corrected chi connectivity index (χ3v) is 3.49. The standard InChI is InChI=1S/C12H17N3OS/c1-3-9(16)8-15-12(10-6-5-7-17-10)13-11(4-2)14-15/h5-7,9,16H,3-4,8H2,1-2H3/t9-/m0/s1. The first kappa shape index (κ1) is 12.3. The number of nitrogens with zero attached hydrogens (tertiary/aromatic N) is 3. The molecule has 0 radical (unpaired) electrons. The van der Waals surface area contributed by atoms with E-state index in [1.165, 1.54) is 0 Å². The Hall–Kier alpha value is -1.20. The predicted molar refractivity (Wildman–Crippen MR) is 69.0 cm³/mol. The fourth-order valence-electron chi connectivity index (χ4n) is 1.58. The number of thiophene rings is 1. The van der Waals surface area contributed by atoms with Crippen molar-refractivity contribution in [2.45, 2.75) is 39.3 Å². The topological polar surface area (TPSA) is 50.9 Å². The zero-order chi connectivity index (χ0) is 12.3. The van der Waals surface area contributed by atoms with Gasteiger partial charge in [-0.15, -0.1) is 11.3 Å². The number of hydrogen-bond donors (Lipinski definition) is 1. The lowest BCUT2D eigenvalue weighted by molar-refractivity contribution is 0.145. The molecule has 0 saturated heterocycles. The molecule has 0 aliphatic rings. The Bertz CT molecular complexity index is 464.